The van der Waals surface area contributed by atoms with E-state index in [-0.39, 0.29) is 6.61 Å². The number of carbonyl (C=O) groups excluding carboxylic acids is 2. The Hall–Kier alpha value is -1.92. The number of hydrogen-bond acceptors (Lipinski definition) is 6. The summed E-state index contributed by atoms with van der Waals surface area (Å²) in [7, 11) is 1.18. The van der Waals surface area contributed by atoms with Gasteiger partial charge in [-0.1, -0.05) is 30.3 Å². The van der Waals surface area contributed by atoms with Crippen molar-refractivity contribution in [1.82, 2.24) is 0 Å². The van der Waals surface area contributed by atoms with Gasteiger partial charge in [0.1, 0.15) is 11.8 Å². The van der Waals surface area contributed by atoms with Crippen molar-refractivity contribution in [1.29, 1.82) is 0 Å². The first-order valence-electron chi connectivity index (χ1n) is 6.96. The lowest BCUT2D eigenvalue weighted by molar-refractivity contribution is -0.175. The van der Waals surface area contributed by atoms with Gasteiger partial charge in [-0.15, -0.1) is 0 Å². The highest BCUT2D eigenvalue weighted by Crippen LogP contribution is 2.16. The van der Waals surface area contributed by atoms with Crippen LogP contribution in [0.3, 0.4) is 0 Å². The molecule has 0 aromatic heterocycles. The Morgan fingerprint density at radius 2 is 1.73 bits per heavy atom. The molecule has 0 aliphatic heterocycles. The fourth-order valence-corrected chi connectivity index (χ4v) is 1.72. The Kier molecular flexibility index (Phi) is 6.52. The molecule has 0 fully saturated rings. The van der Waals surface area contributed by atoms with Gasteiger partial charge in [-0.05, 0) is 26.3 Å². The first-order valence-corrected chi connectivity index (χ1v) is 6.96. The molecule has 0 bridgehead atoms. The van der Waals surface area contributed by atoms with E-state index in [1.54, 1.807) is 20.8 Å². The van der Waals surface area contributed by atoms with E-state index in [0.29, 0.717) is 0 Å². The molecule has 6 heteroatoms. The van der Waals surface area contributed by atoms with Crippen LogP contribution < -0.4 is 5.73 Å². The molecule has 0 heterocycles. The number of carbonyl (C=O) groups is 2. The zero-order valence-electron chi connectivity index (χ0n) is 13.4. The maximum atomic E-state index is 12.1. The molecule has 6 nitrogen and oxygen atoms in total. The number of esters is 2. The van der Waals surface area contributed by atoms with E-state index < -0.39 is 29.7 Å². The lowest BCUT2D eigenvalue weighted by atomic mass is 10.1. The van der Waals surface area contributed by atoms with Crippen LogP contribution in [0.4, 0.5) is 0 Å². The first-order chi connectivity index (χ1) is 10.2. The number of nitrogens with two attached hydrogens (primary N) is 1. The van der Waals surface area contributed by atoms with Crippen LogP contribution in [0.15, 0.2) is 30.3 Å². The standard InChI is InChI=1S/C16H23NO5/c1-16(2,3)22-15(19)12(14(18)20-4)13(17)21-10-11-8-6-5-7-9-11/h5-9,12-13H,10,17H2,1-4H3. The van der Waals surface area contributed by atoms with E-state index >= 15 is 0 Å². The lowest BCUT2D eigenvalue weighted by Crippen LogP contribution is -2.45. The molecule has 2 unspecified atom stereocenters. The van der Waals surface area contributed by atoms with Crippen molar-refractivity contribution < 1.29 is 23.8 Å². The second-order valence-corrected chi connectivity index (χ2v) is 5.80. The van der Waals surface area contributed by atoms with Crippen molar-refractivity contribution in [2.75, 3.05) is 7.11 Å². The molecule has 22 heavy (non-hydrogen) atoms. The van der Waals surface area contributed by atoms with Crippen molar-refractivity contribution in [3.63, 3.8) is 0 Å². The molecule has 0 radical (unpaired) electrons. The predicted octanol–water partition coefficient (Wildman–Crippen LogP) is 1.62. The summed E-state index contributed by atoms with van der Waals surface area (Å²) in [6, 6.07) is 9.30. The van der Waals surface area contributed by atoms with Gasteiger partial charge in [0.05, 0.1) is 13.7 Å². The predicted molar refractivity (Wildman–Crippen MR) is 80.6 cm³/mol. The van der Waals surface area contributed by atoms with E-state index in [1.807, 2.05) is 30.3 Å². The minimum Gasteiger partial charge on any atom is -0.468 e. The molecule has 0 aliphatic rings. The van der Waals surface area contributed by atoms with Gasteiger partial charge < -0.3 is 19.9 Å². The van der Waals surface area contributed by atoms with Crippen LogP contribution in [-0.4, -0.2) is 30.9 Å². The summed E-state index contributed by atoms with van der Waals surface area (Å²) in [6.45, 7) is 5.29. The van der Waals surface area contributed by atoms with Crippen molar-refractivity contribution in [3.05, 3.63) is 35.9 Å². The Morgan fingerprint density at radius 3 is 2.23 bits per heavy atom. The smallest absolute Gasteiger partial charge is 0.325 e. The number of ether oxygens (including phenoxy) is 3. The molecule has 2 atom stereocenters. The fraction of sp³-hybridized carbons (Fsp3) is 0.500. The molecule has 0 aliphatic carbocycles. The lowest BCUT2D eigenvalue weighted by Gasteiger charge is -2.25. The average molecular weight is 309 g/mol. The third kappa shape index (κ3) is 5.83. The van der Waals surface area contributed by atoms with Gasteiger partial charge in [0.25, 0.3) is 0 Å². The minimum atomic E-state index is -1.33. The van der Waals surface area contributed by atoms with E-state index in [4.69, 9.17) is 15.2 Å². The van der Waals surface area contributed by atoms with Crippen molar-refractivity contribution in [2.45, 2.75) is 39.2 Å². The topological polar surface area (TPSA) is 87.9 Å². The summed E-state index contributed by atoms with van der Waals surface area (Å²) in [4.78, 5) is 23.9. The van der Waals surface area contributed by atoms with Gasteiger partial charge in [-0.2, -0.15) is 0 Å². The van der Waals surface area contributed by atoms with E-state index in [1.165, 1.54) is 7.11 Å². The van der Waals surface area contributed by atoms with E-state index in [2.05, 4.69) is 4.74 Å². The number of benzene rings is 1. The summed E-state index contributed by atoms with van der Waals surface area (Å²) in [5.74, 6) is -2.87. The van der Waals surface area contributed by atoms with E-state index in [0.717, 1.165) is 5.56 Å². The van der Waals surface area contributed by atoms with Gasteiger partial charge in [0.2, 0.25) is 0 Å². The SMILES string of the molecule is COC(=O)C(C(=O)OC(C)(C)C)C(N)OCc1ccccc1. The Balaban J connectivity index is 2.74. The first kappa shape index (κ1) is 18.1. The molecule has 0 amide bonds. The van der Waals surface area contributed by atoms with Crippen LogP contribution in [0.1, 0.15) is 26.3 Å². The van der Waals surface area contributed by atoms with Crippen LogP contribution in [0.2, 0.25) is 0 Å². The maximum absolute atomic E-state index is 12.1. The molecule has 1 aromatic carbocycles. The Bertz CT molecular complexity index is 495. The zero-order valence-corrected chi connectivity index (χ0v) is 13.4. The third-order valence-corrected chi connectivity index (χ3v) is 2.73. The molecule has 1 aromatic rings. The van der Waals surface area contributed by atoms with Crippen molar-refractivity contribution in [2.24, 2.45) is 11.7 Å². The summed E-state index contributed by atoms with van der Waals surface area (Å²) in [5.41, 5.74) is 5.98. The molecule has 0 saturated carbocycles. The normalized spacial score (nSPS) is 14.0. The van der Waals surface area contributed by atoms with Gasteiger partial charge in [0.15, 0.2) is 5.92 Å². The summed E-state index contributed by atoms with van der Waals surface area (Å²) < 4.78 is 15.2. The van der Waals surface area contributed by atoms with Crippen LogP contribution in [0.5, 0.6) is 0 Å². The van der Waals surface area contributed by atoms with Gasteiger partial charge in [-0.25, -0.2) is 0 Å². The van der Waals surface area contributed by atoms with Gasteiger partial charge in [-0.3, -0.25) is 9.59 Å². The average Bonchev–Trinajstić information content (AvgIpc) is 2.44. The van der Waals surface area contributed by atoms with Crippen LogP contribution in [-0.2, 0) is 30.4 Å². The third-order valence-electron chi connectivity index (χ3n) is 2.73. The van der Waals surface area contributed by atoms with E-state index in [9.17, 15) is 9.59 Å². The highest BCUT2D eigenvalue weighted by atomic mass is 16.6. The fourth-order valence-electron chi connectivity index (χ4n) is 1.72. The molecular weight excluding hydrogens is 286 g/mol. The van der Waals surface area contributed by atoms with Crippen LogP contribution >= 0.6 is 0 Å². The Morgan fingerprint density at radius 1 is 1.14 bits per heavy atom. The number of rotatable bonds is 6. The van der Waals surface area contributed by atoms with Gasteiger partial charge in [0, 0.05) is 0 Å². The molecule has 0 saturated heterocycles. The summed E-state index contributed by atoms with van der Waals surface area (Å²) >= 11 is 0. The molecular formula is C16H23NO5. The zero-order chi connectivity index (χ0) is 16.8. The quantitative estimate of drug-likeness (QED) is 0.488. The second-order valence-electron chi connectivity index (χ2n) is 5.80. The maximum Gasteiger partial charge on any atom is 0.325 e. The second kappa shape index (κ2) is 7.91. The number of methoxy groups -OCH3 is 1. The number of hydrogen-bond donors (Lipinski definition) is 1. The van der Waals surface area contributed by atoms with Gasteiger partial charge >= 0.3 is 11.9 Å². The Labute approximate surface area is 130 Å². The van der Waals surface area contributed by atoms with Crippen molar-refractivity contribution in [3.8, 4) is 0 Å². The van der Waals surface area contributed by atoms with Crippen LogP contribution in [0.25, 0.3) is 0 Å². The van der Waals surface area contributed by atoms with Crippen LogP contribution in [0, 0.1) is 5.92 Å². The summed E-state index contributed by atoms with van der Waals surface area (Å²) in [6.07, 6.45) is -1.15. The highest BCUT2D eigenvalue weighted by Gasteiger charge is 2.38. The largest absolute Gasteiger partial charge is 0.468 e. The molecule has 0 spiro atoms. The highest BCUT2D eigenvalue weighted by molar-refractivity contribution is 5.95. The molecule has 2 N–H and O–H groups in total. The van der Waals surface area contributed by atoms with Crippen molar-refractivity contribution >= 4 is 11.9 Å². The molecule has 122 valence electrons. The minimum absolute atomic E-state index is 0.179. The molecule has 1 rings (SSSR count). The monoisotopic (exact) mass is 309 g/mol. The summed E-state index contributed by atoms with van der Waals surface area (Å²) in [5, 5.41) is 0.